The van der Waals surface area contributed by atoms with E-state index in [1.165, 1.54) is 11.8 Å². The van der Waals surface area contributed by atoms with Crippen LogP contribution >= 0.6 is 11.8 Å². The molecular formula is C26H24N4O2S. The number of anilines is 1. The number of aromatic nitrogens is 3. The van der Waals surface area contributed by atoms with Crippen LogP contribution in [0.5, 0.6) is 5.75 Å². The number of nitrogens with one attached hydrogen (secondary N) is 1. The van der Waals surface area contributed by atoms with Crippen LogP contribution in [0.4, 0.5) is 5.69 Å². The fraction of sp³-hybridized carbons (Fsp3) is 0.192. The summed E-state index contributed by atoms with van der Waals surface area (Å²) in [5.41, 5.74) is 2.87. The number of benzene rings is 3. The van der Waals surface area contributed by atoms with E-state index in [1.807, 2.05) is 84.9 Å². The highest BCUT2D eigenvalue weighted by molar-refractivity contribution is 7.99. The van der Waals surface area contributed by atoms with E-state index >= 15 is 0 Å². The summed E-state index contributed by atoms with van der Waals surface area (Å²) < 4.78 is 7.88. The molecule has 33 heavy (non-hydrogen) atoms. The molecule has 4 aromatic rings. The van der Waals surface area contributed by atoms with E-state index in [-0.39, 0.29) is 11.7 Å². The quantitative estimate of drug-likeness (QED) is 0.339. The van der Waals surface area contributed by atoms with Crippen molar-refractivity contribution in [3.05, 3.63) is 96.3 Å². The smallest absolute Gasteiger partial charge is 0.234 e. The number of rotatable bonds is 9. The average Bonchev–Trinajstić information content (AvgIpc) is 3.62. The van der Waals surface area contributed by atoms with Crippen LogP contribution in [0.15, 0.2) is 90.1 Å². The maximum Gasteiger partial charge on any atom is 0.234 e. The van der Waals surface area contributed by atoms with Crippen LogP contribution in [0.2, 0.25) is 0 Å². The van der Waals surface area contributed by atoms with Gasteiger partial charge in [0.15, 0.2) is 5.16 Å². The van der Waals surface area contributed by atoms with Gasteiger partial charge >= 0.3 is 0 Å². The topological polar surface area (TPSA) is 69.0 Å². The number of amides is 1. The van der Waals surface area contributed by atoms with Gasteiger partial charge in [-0.15, -0.1) is 10.2 Å². The first-order valence-electron chi connectivity index (χ1n) is 11.0. The zero-order valence-corrected chi connectivity index (χ0v) is 18.9. The van der Waals surface area contributed by atoms with Crippen LogP contribution in [0, 0.1) is 0 Å². The summed E-state index contributed by atoms with van der Waals surface area (Å²) in [7, 11) is 0. The maximum atomic E-state index is 12.6. The molecule has 166 valence electrons. The van der Waals surface area contributed by atoms with Gasteiger partial charge in [0, 0.05) is 17.3 Å². The zero-order chi connectivity index (χ0) is 22.5. The lowest BCUT2D eigenvalue weighted by Crippen LogP contribution is -2.14. The Hall–Kier alpha value is -3.58. The number of thioether (sulfide) groups is 1. The SMILES string of the molecule is O=C(CSc1nnc(C2CC2)n1-c1ccccc1)Nc1ccc(OCc2ccccc2)cc1. The van der Waals surface area contributed by atoms with Crippen molar-refractivity contribution in [2.24, 2.45) is 0 Å². The van der Waals surface area contributed by atoms with Crippen LogP contribution in [-0.4, -0.2) is 26.4 Å². The Balaban J connectivity index is 1.18. The molecule has 6 nitrogen and oxygen atoms in total. The Bertz CT molecular complexity index is 1210. The molecule has 5 rings (SSSR count). The molecule has 1 N–H and O–H groups in total. The zero-order valence-electron chi connectivity index (χ0n) is 18.1. The second-order valence-electron chi connectivity index (χ2n) is 7.92. The lowest BCUT2D eigenvalue weighted by molar-refractivity contribution is -0.113. The van der Waals surface area contributed by atoms with Gasteiger partial charge in [-0.3, -0.25) is 9.36 Å². The lowest BCUT2D eigenvalue weighted by atomic mass is 10.2. The number of para-hydroxylation sites is 1. The van der Waals surface area contributed by atoms with Crippen LogP contribution in [0.25, 0.3) is 5.69 Å². The molecule has 0 bridgehead atoms. The third-order valence-electron chi connectivity index (χ3n) is 5.33. The molecule has 1 aliphatic rings. The van der Waals surface area contributed by atoms with E-state index in [0.29, 0.717) is 12.5 Å². The van der Waals surface area contributed by atoms with Crippen molar-refractivity contribution < 1.29 is 9.53 Å². The fourth-order valence-electron chi connectivity index (χ4n) is 3.50. The predicted octanol–water partition coefficient (Wildman–Crippen LogP) is 5.45. The van der Waals surface area contributed by atoms with Crippen molar-refractivity contribution in [1.29, 1.82) is 0 Å². The molecule has 1 amide bonds. The molecule has 1 fully saturated rings. The van der Waals surface area contributed by atoms with Gasteiger partial charge in [0.2, 0.25) is 5.91 Å². The Morgan fingerprint density at radius 1 is 0.939 bits per heavy atom. The van der Waals surface area contributed by atoms with Gasteiger partial charge in [0.1, 0.15) is 18.2 Å². The lowest BCUT2D eigenvalue weighted by Gasteiger charge is -2.10. The predicted molar refractivity (Wildman–Crippen MR) is 130 cm³/mol. The molecule has 0 spiro atoms. The summed E-state index contributed by atoms with van der Waals surface area (Å²) in [5.74, 6) is 2.36. The summed E-state index contributed by atoms with van der Waals surface area (Å²) in [6.07, 6.45) is 2.28. The first-order valence-corrected chi connectivity index (χ1v) is 11.9. The number of hydrogen-bond acceptors (Lipinski definition) is 5. The Kier molecular flexibility index (Phi) is 6.39. The molecule has 1 heterocycles. The largest absolute Gasteiger partial charge is 0.489 e. The van der Waals surface area contributed by atoms with E-state index < -0.39 is 0 Å². The molecule has 1 aromatic heterocycles. The van der Waals surface area contributed by atoms with Crippen molar-refractivity contribution >= 4 is 23.4 Å². The van der Waals surface area contributed by atoms with Crippen LogP contribution < -0.4 is 10.1 Å². The first-order chi connectivity index (χ1) is 16.3. The number of carbonyl (C=O) groups excluding carboxylic acids is 1. The van der Waals surface area contributed by atoms with Crippen molar-refractivity contribution in [3.8, 4) is 11.4 Å². The molecule has 0 saturated heterocycles. The maximum absolute atomic E-state index is 12.6. The summed E-state index contributed by atoms with van der Waals surface area (Å²) in [6, 6.07) is 27.5. The summed E-state index contributed by atoms with van der Waals surface area (Å²) in [5, 5.41) is 12.5. The Morgan fingerprint density at radius 2 is 1.64 bits per heavy atom. The summed E-state index contributed by atoms with van der Waals surface area (Å²) in [4.78, 5) is 12.6. The highest BCUT2D eigenvalue weighted by Gasteiger charge is 2.31. The van der Waals surface area contributed by atoms with E-state index in [1.54, 1.807) is 0 Å². The van der Waals surface area contributed by atoms with Crippen LogP contribution in [0.3, 0.4) is 0 Å². The van der Waals surface area contributed by atoms with Gasteiger partial charge < -0.3 is 10.1 Å². The van der Waals surface area contributed by atoms with Crippen LogP contribution in [-0.2, 0) is 11.4 Å². The normalized spacial score (nSPS) is 13.0. The molecule has 0 aliphatic heterocycles. The van der Waals surface area contributed by atoms with Gasteiger partial charge in [0.05, 0.1) is 5.75 Å². The number of carbonyl (C=O) groups is 1. The van der Waals surface area contributed by atoms with E-state index in [4.69, 9.17) is 4.74 Å². The van der Waals surface area contributed by atoms with E-state index in [2.05, 4.69) is 20.1 Å². The standard InChI is InChI=1S/C26H24N4O2S/c31-24(27-21-13-15-23(16-14-21)32-17-19-7-3-1-4-8-19)18-33-26-29-28-25(20-11-12-20)30(26)22-9-5-2-6-10-22/h1-10,13-16,20H,11-12,17-18H2,(H,27,31). The minimum Gasteiger partial charge on any atom is -0.489 e. The number of nitrogens with zero attached hydrogens (tertiary/aromatic N) is 3. The highest BCUT2D eigenvalue weighted by Crippen LogP contribution is 2.41. The monoisotopic (exact) mass is 456 g/mol. The van der Waals surface area contributed by atoms with Gasteiger partial charge in [-0.05, 0) is 54.8 Å². The molecule has 3 aromatic carbocycles. The minimum absolute atomic E-state index is 0.0893. The van der Waals surface area contributed by atoms with Crippen molar-refractivity contribution in [2.45, 2.75) is 30.5 Å². The van der Waals surface area contributed by atoms with Crippen LogP contribution in [0.1, 0.15) is 30.1 Å². The van der Waals surface area contributed by atoms with E-state index in [9.17, 15) is 4.79 Å². The highest BCUT2D eigenvalue weighted by atomic mass is 32.2. The number of ether oxygens (including phenoxy) is 1. The first kappa shape index (κ1) is 21.3. The summed E-state index contributed by atoms with van der Waals surface area (Å²) >= 11 is 1.40. The summed E-state index contributed by atoms with van der Waals surface area (Å²) in [6.45, 7) is 0.508. The van der Waals surface area contributed by atoms with Gasteiger partial charge in [-0.25, -0.2) is 0 Å². The third kappa shape index (κ3) is 5.43. The molecule has 0 radical (unpaired) electrons. The molecule has 1 aliphatic carbocycles. The van der Waals surface area contributed by atoms with Gasteiger partial charge in [-0.1, -0.05) is 60.3 Å². The molecular weight excluding hydrogens is 432 g/mol. The third-order valence-corrected chi connectivity index (χ3v) is 6.26. The van der Waals surface area contributed by atoms with Gasteiger partial charge in [-0.2, -0.15) is 0 Å². The molecule has 7 heteroatoms. The second kappa shape index (κ2) is 9.92. The molecule has 0 unspecified atom stereocenters. The molecule has 1 saturated carbocycles. The number of hydrogen-bond donors (Lipinski definition) is 1. The van der Waals surface area contributed by atoms with Gasteiger partial charge in [0.25, 0.3) is 0 Å². The second-order valence-corrected chi connectivity index (χ2v) is 8.86. The molecule has 0 atom stereocenters. The Labute approximate surface area is 197 Å². The Morgan fingerprint density at radius 3 is 2.33 bits per heavy atom. The van der Waals surface area contributed by atoms with E-state index in [0.717, 1.165) is 46.5 Å². The van der Waals surface area contributed by atoms with Crippen molar-refractivity contribution in [2.75, 3.05) is 11.1 Å². The minimum atomic E-state index is -0.0893. The average molecular weight is 457 g/mol. The fourth-order valence-corrected chi connectivity index (χ4v) is 4.26. The van der Waals surface area contributed by atoms with Crippen molar-refractivity contribution in [3.63, 3.8) is 0 Å². The van der Waals surface area contributed by atoms with Crippen molar-refractivity contribution in [1.82, 2.24) is 14.8 Å².